The number of oxime groups is 1. The summed E-state index contributed by atoms with van der Waals surface area (Å²) in [5.74, 6) is -0.587. The molecular weight excluding hydrogens is 376 g/mol. The largest absolute Gasteiger partial charge is 0.368 e. The number of rotatable bonds is 3. The van der Waals surface area contributed by atoms with Gasteiger partial charge in [0.1, 0.15) is 5.71 Å². The number of hydrogen-bond donors (Lipinski definition) is 0. The van der Waals surface area contributed by atoms with E-state index in [1.54, 1.807) is 25.1 Å². The normalized spacial score (nSPS) is 15.3. The number of halogens is 1. The first-order chi connectivity index (χ1) is 11.5. The lowest BCUT2D eigenvalue weighted by atomic mass is 9.99. The van der Waals surface area contributed by atoms with Crippen molar-refractivity contribution in [1.29, 1.82) is 0 Å². The molecule has 0 spiro atoms. The molecule has 120 valence electrons. The third-order valence-electron chi connectivity index (χ3n) is 3.56. The van der Waals surface area contributed by atoms with E-state index in [1.165, 1.54) is 6.07 Å². The molecule has 0 unspecified atom stereocenters. The van der Waals surface area contributed by atoms with Crippen molar-refractivity contribution in [1.82, 2.24) is 0 Å². The van der Waals surface area contributed by atoms with Gasteiger partial charge in [-0.25, -0.2) is 4.79 Å². The number of benzene rings is 2. The van der Waals surface area contributed by atoms with Crippen LogP contribution in [0.1, 0.15) is 16.7 Å². The zero-order chi connectivity index (χ0) is 17.3. The molecule has 0 radical (unpaired) electrons. The molecule has 6 nitrogen and oxygen atoms in total. The molecule has 0 aromatic heterocycles. The number of nitro groups is 1. The summed E-state index contributed by atoms with van der Waals surface area (Å²) in [4.78, 5) is 27.4. The number of carbonyl (C=O) groups is 1. The molecule has 0 atom stereocenters. The molecule has 2 aromatic carbocycles. The second kappa shape index (κ2) is 6.37. The monoisotopic (exact) mass is 386 g/mol. The van der Waals surface area contributed by atoms with E-state index in [2.05, 4.69) is 21.1 Å². The standard InChI is InChI=1S/C17H11BrN2O4/c1-10-2-5-12(9-15(10)20(22)23)16-14(17(21)24-19-16)8-11-3-6-13(18)7-4-11/h2-9H,1H3. The molecule has 0 saturated heterocycles. The number of nitrogens with zero attached hydrogens (tertiary/aromatic N) is 2. The predicted molar refractivity (Wildman–Crippen MR) is 92.6 cm³/mol. The average Bonchev–Trinajstić information content (AvgIpc) is 2.91. The minimum Gasteiger partial charge on any atom is -0.312 e. The number of aryl methyl sites for hydroxylation is 1. The minimum absolute atomic E-state index is 0.0301. The van der Waals surface area contributed by atoms with Gasteiger partial charge in [0.25, 0.3) is 5.69 Å². The van der Waals surface area contributed by atoms with Crippen molar-refractivity contribution in [2.45, 2.75) is 6.92 Å². The maximum atomic E-state index is 12.0. The van der Waals surface area contributed by atoms with Gasteiger partial charge in [-0.05, 0) is 30.7 Å². The quantitative estimate of drug-likeness (QED) is 0.345. The number of carbonyl (C=O) groups excluding carboxylic acids is 1. The average molecular weight is 387 g/mol. The summed E-state index contributed by atoms with van der Waals surface area (Å²) in [7, 11) is 0. The van der Waals surface area contributed by atoms with Crippen LogP contribution in [0.5, 0.6) is 0 Å². The smallest absolute Gasteiger partial charge is 0.312 e. The molecule has 0 saturated carbocycles. The summed E-state index contributed by atoms with van der Waals surface area (Å²) in [5, 5.41) is 14.9. The predicted octanol–water partition coefficient (Wildman–Crippen LogP) is 4.01. The zero-order valence-corrected chi connectivity index (χ0v) is 14.1. The van der Waals surface area contributed by atoms with Gasteiger partial charge in [-0.3, -0.25) is 10.1 Å². The lowest BCUT2D eigenvalue weighted by molar-refractivity contribution is -0.385. The van der Waals surface area contributed by atoms with E-state index in [1.807, 2.05) is 24.3 Å². The minimum atomic E-state index is -0.587. The Bertz CT molecular complexity index is 901. The Hall–Kier alpha value is -2.80. The Morgan fingerprint density at radius 3 is 2.58 bits per heavy atom. The molecule has 3 rings (SSSR count). The summed E-state index contributed by atoms with van der Waals surface area (Å²) < 4.78 is 0.918. The fraction of sp³-hybridized carbons (Fsp3) is 0.0588. The van der Waals surface area contributed by atoms with Gasteiger partial charge < -0.3 is 4.84 Å². The second-order valence-electron chi connectivity index (χ2n) is 5.19. The molecule has 0 fully saturated rings. The molecule has 24 heavy (non-hydrogen) atoms. The van der Waals surface area contributed by atoms with Crippen LogP contribution in [0.2, 0.25) is 0 Å². The van der Waals surface area contributed by atoms with Gasteiger partial charge in [-0.2, -0.15) is 0 Å². The van der Waals surface area contributed by atoms with Crippen LogP contribution in [0.25, 0.3) is 6.08 Å². The van der Waals surface area contributed by atoms with Crippen molar-refractivity contribution < 1.29 is 14.6 Å². The third-order valence-corrected chi connectivity index (χ3v) is 4.08. The van der Waals surface area contributed by atoms with Crippen molar-refractivity contribution in [3.8, 4) is 0 Å². The van der Waals surface area contributed by atoms with E-state index in [4.69, 9.17) is 4.84 Å². The highest BCUT2D eigenvalue weighted by molar-refractivity contribution is 9.10. The van der Waals surface area contributed by atoms with E-state index in [0.717, 1.165) is 10.0 Å². The fourth-order valence-electron chi connectivity index (χ4n) is 2.30. The fourth-order valence-corrected chi connectivity index (χ4v) is 2.56. The van der Waals surface area contributed by atoms with Crippen molar-refractivity contribution >= 4 is 39.4 Å². The van der Waals surface area contributed by atoms with Crippen LogP contribution in [0.3, 0.4) is 0 Å². The van der Waals surface area contributed by atoms with Gasteiger partial charge in [0.05, 0.1) is 10.5 Å². The van der Waals surface area contributed by atoms with E-state index >= 15 is 0 Å². The molecule has 0 bridgehead atoms. The topological polar surface area (TPSA) is 81.8 Å². The molecule has 1 aliphatic rings. The molecule has 0 amide bonds. The van der Waals surface area contributed by atoms with Gasteiger partial charge >= 0.3 is 5.97 Å². The Labute approximate surface area is 145 Å². The van der Waals surface area contributed by atoms with E-state index < -0.39 is 10.9 Å². The first-order valence-electron chi connectivity index (χ1n) is 6.98. The first-order valence-corrected chi connectivity index (χ1v) is 7.77. The number of hydrogen-bond acceptors (Lipinski definition) is 5. The van der Waals surface area contributed by atoms with Crippen molar-refractivity contribution in [2.75, 3.05) is 0 Å². The number of nitro benzene ring substituents is 1. The Balaban J connectivity index is 2.04. The lowest BCUT2D eigenvalue weighted by Crippen LogP contribution is -2.07. The third kappa shape index (κ3) is 3.11. The van der Waals surface area contributed by atoms with E-state index in [-0.39, 0.29) is 17.0 Å². The summed E-state index contributed by atoms with van der Waals surface area (Å²) in [6.07, 6.45) is 1.65. The lowest BCUT2D eigenvalue weighted by Gasteiger charge is -2.03. The van der Waals surface area contributed by atoms with Crippen LogP contribution in [0.4, 0.5) is 5.69 Å². The Morgan fingerprint density at radius 2 is 1.92 bits per heavy atom. The molecular formula is C17H11BrN2O4. The molecule has 2 aromatic rings. The molecule has 0 aliphatic carbocycles. The van der Waals surface area contributed by atoms with Gasteiger partial charge in [0.2, 0.25) is 0 Å². The Kier molecular flexibility index (Phi) is 4.26. The molecule has 0 N–H and O–H groups in total. The first kappa shape index (κ1) is 16.1. The zero-order valence-electron chi connectivity index (χ0n) is 12.5. The van der Waals surface area contributed by atoms with Gasteiger partial charge in [-0.15, -0.1) is 0 Å². The maximum absolute atomic E-state index is 12.0. The van der Waals surface area contributed by atoms with E-state index in [0.29, 0.717) is 11.1 Å². The van der Waals surface area contributed by atoms with Crippen LogP contribution < -0.4 is 0 Å². The van der Waals surface area contributed by atoms with Crippen LogP contribution in [-0.4, -0.2) is 16.6 Å². The second-order valence-corrected chi connectivity index (χ2v) is 6.10. The SMILES string of the molecule is Cc1ccc(C2=NOC(=O)C2=Cc2ccc(Br)cc2)cc1[N+](=O)[O-]. The van der Waals surface area contributed by atoms with E-state index in [9.17, 15) is 14.9 Å². The van der Waals surface area contributed by atoms with Crippen LogP contribution in [-0.2, 0) is 9.63 Å². The highest BCUT2D eigenvalue weighted by atomic mass is 79.9. The summed E-state index contributed by atoms with van der Waals surface area (Å²) in [6, 6.07) is 12.1. The van der Waals surface area contributed by atoms with Crippen molar-refractivity contribution in [2.24, 2.45) is 5.16 Å². The summed E-state index contributed by atoms with van der Waals surface area (Å²) in [5.41, 5.74) is 2.30. The van der Waals surface area contributed by atoms with Crippen molar-refractivity contribution in [3.63, 3.8) is 0 Å². The van der Waals surface area contributed by atoms with Crippen molar-refractivity contribution in [3.05, 3.63) is 79.3 Å². The Morgan fingerprint density at radius 1 is 1.21 bits per heavy atom. The van der Waals surface area contributed by atoms with Gasteiger partial charge in [0, 0.05) is 21.7 Å². The molecule has 1 aliphatic heterocycles. The van der Waals surface area contributed by atoms with Crippen LogP contribution >= 0.6 is 15.9 Å². The highest BCUT2D eigenvalue weighted by Crippen LogP contribution is 2.25. The molecule has 7 heteroatoms. The highest BCUT2D eigenvalue weighted by Gasteiger charge is 2.28. The van der Waals surface area contributed by atoms with Gasteiger partial charge in [-0.1, -0.05) is 45.4 Å². The van der Waals surface area contributed by atoms with Crippen LogP contribution in [0, 0.1) is 17.0 Å². The summed E-state index contributed by atoms with van der Waals surface area (Å²) in [6.45, 7) is 1.65. The van der Waals surface area contributed by atoms with Crippen LogP contribution in [0.15, 0.2) is 57.7 Å². The summed E-state index contributed by atoms with van der Waals surface area (Å²) >= 11 is 3.35. The maximum Gasteiger partial charge on any atom is 0.368 e. The molecule has 1 heterocycles. The van der Waals surface area contributed by atoms with Gasteiger partial charge in [0.15, 0.2) is 0 Å².